The second-order valence-corrected chi connectivity index (χ2v) is 6.91. The number of hydrogen-bond donors (Lipinski definition) is 1. The lowest BCUT2D eigenvalue weighted by Gasteiger charge is -2.18. The summed E-state index contributed by atoms with van der Waals surface area (Å²) in [5, 5.41) is 13.4. The van der Waals surface area contributed by atoms with Crippen LogP contribution in [0.3, 0.4) is 0 Å². The number of amides is 1. The van der Waals surface area contributed by atoms with Crippen molar-refractivity contribution in [3.8, 4) is 5.75 Å². The predicted octanol–water partition coefficient (Wildman–Crippen LogP) is 5.28. The van der Waals surface area contributed by atoms with E-state index in [-0.39, 0.29) is 17.4 Å². The van der Waals surface area contributed by atoms with Crippen molar-refractivity contribution in [2.24, 2.45) is 0 Å². The van der Waals surface area contributed by atoms with Crippen molar-refractivity contribution >= 4 is 23.1 Å². The molecule has 7 heteroatoms. The lowest BCUT2D eigenvalue weighted by atomic mass is 10.0. The normalized spacial score (nSPS) is 11.4. The summed E-state index contributed by atoms with van der Waals surface area (Å²) >= 11 is 0. The number of benzene rings is 3. The Morgan fingerprint density at radius 1 is 0.935 bits per heavy atom. The summed E-state index contributed by atoms with van der Waals surface area (Å²) in [6.07, 6.45) is 0.798. The molecular weight excluding hydrogens is 396 g/mol. The van der Waals surface area contributed by atoms with Crippen molar-refractivity contribution < 1.29 is 19.2 Å². The fourth-order valence-corrected chi connectivity index (χ4v) is 3.01. The summed E-state index contributed by atoms with van der Waals surface area (Å²) < 4.78 is 5.93. The molecule has 0 aliphatic rings. The van der Waals surface area contributed by atoms with Crippen molar-refractivity contribution in [2.45, 2.75) is 25.9 Å². The Morgan fingerprint density at radius 3 is 2.16 bits per heavy atom. The highest BCUT2D eigenvalue weighted by molar-refractivity contribution is 6.04. The molecule has 0 aromatic heterocycles. The van der Waals surface area contributed by atoms with Crippen LogP contribution in [0.2, 0.25) is 0 Å². The summed E-state index contributed by atoms with van der Waals surface area (Å²) in [7, 11) is 0. The third kappa shape index (κ3) is 5.76. The van der Waals surface area contributed by atoms with Crippen LogP contribution < -0.4 is 10.1 Å². The Kier molecular flexibility index (Phi) is 7.11. The third-order valence-electron chi connectivity index (χ3n) is 4.63. The standard InChI is InChI=1S/C24H22N2O5/c1-2-6-22(23(27)17-7-4-3-5-8-17)31-21-15-11-19(12-16-21)25-24(28)18-9-13-20(14-10-18)26(29)30/h3-5,7-16,22H,2,6H2,1H3,(H,25,28). The van der Waals surface area contributed by atoms with Gasteiger partial charge in [0.15, 0.2) is 6.10 Å². The number of nitro groups is 1. The van der Waals surface area contributed by atoms with Crippen LogP contribution in [0.25, 0.3) is 0 Å². The smallest absolute Gasteiger partial charge is 0.269 e. The van der Waals surface area contributed by atoms with Gasteiger partial charge in [-0.3, -0.25) is 19.7 Å². The van der Waals surface area contributed by atoms with Gasteiger partial charge in [0.05, 0.1) is 4.92 Å². The molecule has 0 aliphatic heterocycles. The molecule has 1 N–H and O–H groups in total. The van der Waals surface area contributed by atoms with Crippen molar-refractivity contribution in [1.82, 2.24) is 0 Å². The Labute approximate surface area is 179 Å². The van der Waals surface area contributed by atoms with Crippen LogP contribution in [0.5, 0.6) is 5.75 Å². The van der Waals surface area contributed by atoms with Crippen LogP contribution in [0.15, 0.2) is 78.9 Å². The Morgan fingerprint density at radius 2 is 1.58 bits per heavy atom. The molecule has 158 valence electrons. The molecule has 0 radical (unpaired) electrons. The molecule has 3 aromatic rings. The summed E-state index contributed by atoms with van der Waals surface area (Å²) in [4.78, 5) is 35.3. The second kappa shape index (κ2) is 10.2. The van der Waals surface area contributed by atoms with Crippen LogP contribution in [0.4, 0.5) is 11.4 Å². The van der Waals surface area contributed by atoms with E-state index < -0.39 is 11.0 Å². The van der Waals surface area contributed by atoms with Crippen LogP contribution in [0.1, 0.15) is 40.5 Å². The van der Waals surface area contributed by atoms with Crippen LogP contribution >= 0.6 is 0 Å². The second-order valence-electron chi connectivity index (χ2n) is 6.91. The Balaban J connectivity index is 1.65. The van der Waals surface area contributed by atoms with Gasteiger partial charge in [0.1, 0.15) is 5.75 Å². The van der Waals surface area contributed by atoms with E-state index in [1.165, 1.54) is 24.3 Å². The minimum atomic E-state index is -0.590. The summed E-state index contributed by atoms with van der Waals surface area (Å²) in [5.74, 6) is 0.0701. The molecule has 7 nitrogen and oxygen atoms in total. The van der Waals surface area contributed by atoms with E-state index in [2.05, 4.69) is 5.32 Å². The van der Waals surface area contributed by atoms with E-state index >= 15 is 0 Å². The molecule has 0 spiro atoms. The lowest BCUT2D eigenvalue weighted by molar-refractivity contribution is -0.384. The molecule has 0 fully saturated rings. The van der Waals surface area contributed by atoms with E-state index in [0.29, 0.717) is 29.0 Å². The monoisotopic (exact) mass is 418 g/mol. The number of non-ortho nitro benzene ring substituents is 1. The Hall–Kier alpha value is -4.00. The van der Waals surface area contributed by atoms with E-state index in [1.54, 1.807) is 36.4 Å². The van der Waals surface area contributed by atoms with Gasteiger partial charge in [0, 0.05) is 28.9 Å². The maximum absolute atomic E-state index is 12.8. The maximum atomic E-state index is 12.8. The fourth-order valence-electron chi connectivity index (χ4n) is 3.01. The van der Waals surface area contributed by atoms with Gasteiger partial charge in [0.25, 0.3) is 11.6 Å². The topological polar surface area (TPSA) is 98.5 Å². The first kappa shape index (κ1) is 21.7. The average molecular weight is 418 g/mol. The molecule has 3 rings (SSSR count). The number of hydrogen-bond acceptors (Lipinski definition) is 5. The highest BCUT2D eigenvalue weighted by Crippen LogP contribution is 2.21. The third-order valence-corrected chi connectivity index (χ3v) is 4.63. The van der Waals surface area contributed by atoms with Gasteiger partial charge in [-0.25, -0.2) is 0 Å². The first-order valence-corrected chi connectivity index (χ1v) is 9.89. The lowest BCUT2D eigenvalue weighted by Crippen LogP contribution is -2.27. The zero-order valence-corrected chi connectivity index (χ0v) is 17.0. The summed E-state index contributed by atoms with van der Waals surface area (Å²) in [5.41, 5.74) is 1.37. The van der Waals surface area contributed by atoms with Gasteiger partial charge < -0.3 is 10.1 Å². The maximum Gasteiger partial charge on any atom is 0.269 e. The SMILES string of the molecule is CCCC(Oc1ccc(NC(=O)c2ccc([N+](=O)[O-])cc2)cc1)C(=O)c1ccccc1. The Bertz CT molecular complexity index is 1050. The van der Waals surface area contributed by atoms with Crippen molar-refractivity contribution in [2.75, 3.05) is 5.32 Å². The van der Waals surface area contributed by atoms with Gasteiger partial charge in [-0.1, -0.05) is 43.7 Å². The van der Waals surface area contributed by atoms with Gasteiger partial charge in [-0.2, -0.15) is 0 Å². The average Bonchev–Trinajstić information content (AvgIpc) is 2.80. The zero-order chi connectivity index (χ0) is 22.2. The molecular formula is C24H22N2O5. The number of nitrogens with zero attached hydrogens (tertiary/aromatic N) is 1. The quantitative estimate of drug-likeness (QED) is 0.290. The molecule has 0 saturated carbocycles. The van der Waals surface area contributed by atoms with E-state index in [4.69, 9.17) is 4.74 Å². The van der Waals surface area contributed by atoms with Gasteiger partial charge in [-0.05, 0) is 42.8 Å². The number of Topliss-reactive ketones (excluding diaryl/α,β-unsaturated/α-hetero) is 1. The minimum Gasteiger partial charge on any atom is -0.482 e. The number of nitrogens with one attached hydrogen (secondary N) is 1. The van der Waals surface area contributed by atoms with Crippen molar-refractivity contribution in [3.63, 3.8) is 0 Å². The zero-order valence-electron chi connectivity index (χ0n) is 17.0. The number of carbonyl (C=O) groups excluding carboxylic acids is 2. The number of anilines is 1. The highest BCUT2D eigenvalue weighted by atomic mass is 16.6. The number of carbonyl (C=O) groups is 2. The first-order valence-electron chi connectivity index (χ1n) is 9.89. The molecule has 0 heterocycles. The van der Waals surface area contributed by atoms with Crippen molar-refractivity contribution in [1.29, 1.82) is 0 Å². The number of rotatable bonds is 9. The van der Waals surface area contributed by atoms with E-state index in [1.807, 2.05) is 25.1 Å². The molecule has 0 aliphatic carbocycles. The predicted molar refractivity (Wildman–Crippen MR) is 118 cm³/mol. The summed E-state index contributed by atoms with van der Waals surface area (Å²) in [6.45, 7) is 1.99. The number of nitro benzene ring substituents is 1. The van der Waals surface area contributed by atoms with Gasteiger partial charge in [0.2, 0.25) is 5.78 Å². The van der Waals surface area contributed by atoms with Gasteiger partial charge >= 0.3 is 0 Å². The highest BCUT2D eigenvalue weighted by Gasteiger charge is 2.21. The molecule has 1 unspecified atom stereocenters. The van der Waals surface area contributed by atoms with Crippen molar-refractivity contribution in [3.05, 3.63) is 100 Å². The van der Waals surface area contributed by atoms with E-state index in [0.717, 1.165) is 6.42 Å². The number of ketones is 1. The minimum absolute atomic E-state index is 0.0713. The van der Waals surface area contributed by atoms with Crippen LogP contribution in [0, 0.1) is 10.1 Å². The summed E-state index contributed by atoms with van der Waals surface area (Å²) in [6, 6.07) is 21.1. The molecule has 0 bridgehead atoms. The molecule has 1 atom stereocenters. The fraction of sp³-hybridized carbons (Fsp3) is 0.167. The molecule has 1 amide bonds. The largest absolute Gasteiger partial charge is 0.482 e. The number of ether oxygens (including phenoxy) is 1. The van der Waals surface area contributed by atoms with E-state index in [9.17, 15) is 19.7 Å². The first-order chi connectivity index (χ1) is 15.0. The molecule has 0 saturated heterocycles. The van der Waals surface area contributed by atoms with Crippen LogP contribution in [-0.2, 0) is 0 Å². The molecule has 31 heavy (non-hydrogen) atoms. The molecule has 3 aromatic carbocycles. The van der Waals surface area contributed by atoms with Crippen LogP contribution in [-0.4, -0.2) is 22.7 Å². The van der Waals surface area contributed by atoms with Gasteiger partial charge in [-0.15, -0.1) is 0 Å².